The smallest absolute Gasteiger partial charge is 0.191 e. The molecule has 0 amide bonds. The predicted octanol–water partition coefficient (Wildman–Crippen LogP) is 1.27. The average molecular weight is 316 g/mol. The van der Waals surface area contributed by atoms with Crippen molar-refractivity contribution in [2.24, 2.45) is 12.0 Å². The number of alkyl halides is 1. The second-order valence-corrected chi connectivity index (χ2v) is 5.62. The van der Waals surface area contributed by atoms with Crippen molar-refractivity contribution in [3.8, 4) is 0 Å². The topological polar surface area (TPSA) is 67.1 Å². The highest BCUT2D eigenvalue weighted by Gasteiger charge is 2.04. The normalized spacial score (nSPS) is 11.7. The lowest BCUT2D eigenvalue weighted by molar-refractivity contribution is 0.470. The average Bonchev–Trinajstić information content (AvgIpc) is 2.80. The Morgan fingerprint density at radius 1 is 1.29 bits per heavy atom. The fourth-order valence-corrected chi connectivity index (χ4v) is 2.04. The zero-order chi connectivity index (χ0) is 15.5. The highest BCUT2D eigenvalue weighted by Crippen LogP contribution is 1.99. The number of nitrogens with zero attached hydrogens (tertiary/aromatic N) is 4. The summed E-state index contributed by atoms with van der Waals surface area (Å²) in [5.41, 5.74) is 0. The van der Waals surface area contributed by atoms with Crippen molar-refractivity contribution in [2.75, 3.05) is 31.8 Å². The summed E-state index contributed by atoms with van der Waals surface area (Å²) >= 11 is 1.82. The molecule has 0 aromatic carbocycles. The van der Waals surface area contributed by atoms with Crippen LogP contribution in [0.5, 0.6) is 0 Å². The molecule has 0 saturated carbocycles. The SMILES string of the molecule is CSCCCNC(=NCc1nnc(C)n1C)NCCCF. The van der Waals surface area contributed by atoms with Crippen LogP contribution in [0.15, 0.2) is 4.99 Å². The number of aryl methyl sites for hydroxylation is 1. The van der Waals surface area contributed by atoms with Crippen molar-refractivity contribution >= 4 is 17.7 Å². The fraction of sp³-hybridized carbons (Fsp3) is 0.769. The van der Waals surface area contributed by atoms with E-state index >= 15 is 0 Å². The number of aliphatic imine (C=N–C) groups is 1. The van der Waals surface area contributed by atoms with E-state index in [1.54, 1.807) is 0 Å². The molecule has 0 unspecified atom stereocenters. The maximum absolute atomic E-state index is 12.2. The molecule has 0 bridgehead atoms. The van der Waals surface area contributed by atoms with Crippen molar-refractivity contribution in [1.82, 2.24) is 25.4 Å². The van der Waals surface area contributed by atoms with Crippen LogP contribution in [0.1, 0.15) is 24.5 Å². The van der Waals surface area contributed by atoms with Crippen LogP contribution in [0.4, 0.5) is 4.39 Å². The van der Waals surface area contributed by atoms with Crippen LogP contribution >= 0.6 is 11.8 Å². The number of hydrogen-bond acceptors (Lipinski definition) is 4. The van der Waals surface area contributed by atoms with Crippen LogP contribution in [0.2, 0.25) is 0 Å². The van der Waals surface area contributed by atoms with Crippen LogP contribution in [0.3, 0.4) is 0 Å². The van der Waals surface area contributed by atoms with E-state index in [-0.39, 0.29) is 6.67 Å². The van der Waals surface area contributed by atoms with E-state index in [0.717, 1.165) is 30.4 Å². The third kappa shape index (κ3) is 6.79. The van der Waals surface area contributed by atoms with Gasteiger partial charge in [-0.2, -0.15) is 11.8 Å². The lowest BCUT2D eigenvalue weighted by Gasteiger charge is -2.11. The Morgan fingerprint density at radius 3 is 2.57 bits per heavy atom. The maximum atomic E-state index is 12.2. The Labute approximate surface area is 130 Å². The van der Waals surface area contributed by atoms with E-state index in [1.807, 2.05) is 30.3 Å². The van der Waals surface area contributed by atoms with Gasteiger partial charge >= 0.3 is 0 Å². The maximum Gasteiger partial charge on any atom is 0.191 e. The van der Waals surface area contributed by atoms with Gasteiger partial charge in [-0.25, -0.2) is 4.99 Å². The molecule has 8 heteroatoms. The number of nitrogens with one attached hydrogen (secondary N) is 2. The number of guanidine groups is 1. The summed E-state index contributed by atoms with van der Waals surface area (Å²) in [5, 5.41) is 14.5. The molecule has 1 aromatic rings. The Kier molecular flexibility index (Phi) is 8.80. The van der Waals surface area contributed by atoms with Crippen molar-refractivity contribution in [2.45, 2.75) is 26.3 Å². The number of rotatable bonds is 9. The van der Waals surface area contributed by atoms with E-state index in [2.05, 4.69) is 32.1 Å². The molecular weight excluding hydrogens is 291 g/mol. The highest BCUT2D eigenvalue weighted by atomic mass is 32.2. The van der Waals surface area contributed by atoms with Crippen molar-refractivity contribution < 1.29 is 4.39 Å². The molecule has 2 N–H and O–H groups in total. The Bertz CT molecular complexity index is 434. The Morgan fingerprint density at radius 2 is 2.00 bits per heavy atom. The van der Waals surface area contributed by atoms with Gasteiger partial charge in [-0.05, 0) is 31.8 Å². The van der Waals surface area contributed by atoms with Crippen LogP contribution in [0.25, 0.3) is 0 Å². The van der Waals surface area contributed by atoms with Gasteiger partial charge in [-0.1, -0.05) is 0 Å². The number of aromatic nitrogens is 3. The summed E-state index contributed by atoms with van der Waals surface area (Å²) in [5.74, 6) is 3.47. The fourth-order valence-electron chi connectivity index (χ4n) is 1.61. The zero-order valence-electron chi connectivity index (χ0n) is 13.0. The molecule has 6 nitrogen and oxygen atoms in total. The van der Waals surface area contributed by atoms with E-state index < -0.39 is 0 Å². The monoisotopic (exact) mass is 316 g/mol. The molecule has 0 atom stereocenters. The van der Waals surface area contributed by atoms with Crippen molar-refractivity contribution in [3.05, 3.63) is 11.6 Å². The first-order valence-corrected chi connectivity index (χ1v) is 8.50. The molecule has 1 aromatic heterocycles. The molecule has 0 aliphatic rings. The summed E-state index contributed by atoms with van der Waals surface area (Å²) in [6.07, 6.45) is 3.63. The van der Waals surface area contributed by atoms with E-state index in [1.165, 1.54) is 0 Å². The number of halogens is 1. The molecule has 21 heavy (non-hydrogen) atoms. The van der Waals surface area contributed by atoms with Gasteiger partial charge in [0.1, 0.15) is 12.4 Å². The summed E-state index contributed by atoms with van der Waals surface area (Å²) in [7, 11) is 1.92. The molecule has 0 saturated heterocycles. The molecule has 1 rings (SSSR count). The first kappa shape index (κ1) is 17.7. The first-order valence-electron chi connectivity index (χ1n) is 7.11. The quantitative estimate of drug-likeness (QED) is 0.408. The van der Waals surface area contributed by atoms with Gasteiger partial charge in [0.05, 0.1) is 6.67 Å². The Balaban J connectivity index is 2.52. The molecule has 1 heterocycles. The minimum Gasteiger partial charge on any atom is -0.356 e. The van der Waals surface area contributed by atoms with Gasteiger partial charge in [0, 0.05) is 20.1 Å². The molecule has 0 fully saturated rings. The van der Waals surface area contributed by atoms with Gasteiger partial charge in [-0.3, -0.25) is 4.39 Å². The van der Waals surface area contributed by atoms with Crippen LogP contribution in [0, 0.1) is 6.92 Å². The number of hydrogen-bond donors (Lipinski definition) is 2. The second-order valence-electron chi connectivity index (χ2n) is 4.63. The van der Waals surface area contributed by atoms with Crippen LogP contribution in [-0.4, -0.2) is 52.5 Å². The van der Waals surface area contributed by atoms with Gasteiger partial charge in [0.25, 0.3) is 0 Å². The Hall–Kier alpha value is -1.31. The summed E-state index contributed by atoms with van der Waals surface area (Å²) in [6.45, 7) is 3.45. The summed E-state index contributed by atoms with van der Waals surface area (Å²) < 4.78 is 14.1. The van der Waals surface area contributed by atoms with Gasteiger partial charge < -0.3 is 15.2 Å². The van der Waals surface area contributed by atoms with Crippen LogP contribution in [-0.2, 0) is 13.6 Å². The molecule has 120 valence electrons. The van der Waals surface area contributed by atoms with Gasteiger partial charge in [0.2, 0.25) is 0 Å². The van der Waals surface area contributed by atoms with Gasteiger partial charge in [-0.15, -0.1) is 10.2 Å². The molecular formula is C13H25FN6S. The summed E-state index contributed by atoms with van der Waals surface area (Å²) in [6, 6.07) is 0. The zero-order valence-corrected chi connectivity index (χ0v) is 13.8. The largest absolute Gasteiger partial charge is 0.356 e. The van der Waals surface area contributed by atoms with Crippen molar-refractivity contribution in [1.29, 1.82) is 0 Å². The number of thioether (sulfide) groups is 1. The lowest BCUT2D eigenvalue weighted by atomic mass is 10.4. The molecule has 0 aliphatic heterocycles. The highest BCUT2D eigenvalue weighted by molar-refractivity contribution is 7.98. The van der Waals surface area contributed by atoms with E-state index in [9.17, 15) is 4.39 Å². The molecule has 0 spiro atoms. The van der Waals surface area contributed by atoms with Crippen LogP contribution < -0.4 is 10.6 Å². The molecule has 0 radical (unpaired) electrons. The minimum absolute atomic E-state index is 0.324. The predicted molar refractivity (Wildman–Crippen MR) is 86.5 cm³/mol. The van der Waals surface area contributed by atoms with Crippen molar-refractivity contribution in [3.63, 3.8) is 0 Å². The standard InChI is InChI=1S/C13H25FN6S/c1-11-18-19-12(20(11)2)10-17-13(15-7-4-6-14)16-8-5-9-21-3/h4-10H2,1-3H3,(H2,15,16,17). The second kappa shape index (κ2) is 10.4. The summed E-state index contributed by atoms with van der Waals surface area (Å²) in [4.78, 5) is 4.48. The lowest BCUT2D eigenvalue weighted by Crippen LogP contribution is -2.38. The van der Waals surface area contributed by atoms with Gasteiger partial charge in [0.15, 0.2) is 11.8 Å². The third-order valence-corrected chi connectivity index (χ3v) is 3.68. The third-order valence-electron chi connectivity index (χ3n) is 2.98. The minimum atomic E-state index is -0.324. The first-order chi connectivity index (χ1) is 10.2. The van der Waals surface area contributed by atoms with E-state index in [4.69, 9.17) is 0 Å². The van der Waals surface area contributed by atoms with E-state index in [0.29, 0.717) is 25.5 Å². The molecule has 0 aliphatic carbocycles.